The standard InChI is InChI=1S/C51H38N4/c1-53-50(35-17-6-3-7-18-35)42-23-8-11-24-45(42)52-51(53)55-47-26-13-10-22-41(47)44-33-38(28-30-49(44)55)37-27-29-48-43(32-37)40-21-9-12-25-46(40)54(48)39-20-14-19-36(31-39)34-15-4-2-5-16-34/h2-33,50-52H,1H3. The molecule has 1 aliphatic heterocycles. The molecule has 0 amide bonds. The molecule has 2 atom stereocenters. The molecular formula is C51H38N4. The minimum absolute atomic E-state index is 0.101. The minimum Gasteiger partial charge on any atom is -0.352 e. The first-order valence-corrected chi connectivity index (χ1v) is 19.1. The lowest BCUT2D eigenvalue weighted by Gasteiger charge is -2.43. The molecule has 0 saturated carbocycles. The molecule has 2 aromatic heterocycles. The zero-order valence-electron chi connectivity index (χ0n) is 30.5. The normalized spacial score (nSPS) is 15.8. The summed E-state index contributed by atoms with van der Waals surface area (Å²) in [4.78, 5) is 2.47. The van der Waals surface area contributed by atoms with Gasteiger partial charge in [0.25, 0.3) is 0 Å². The summed E-state index contributed by atoms with van der Waals surface area (Å²) >= 11 is 0. The number of fused-ring (bicyclic) bond motifs is 7. The predicted octanol–water partition coefficient (Wildman–Crippen LogP) is 12.8. The van der Waals surface area contributed by atoms with Crippen molar-refractivity contribution in [1.82, 2.24) is 14.0 Å². The highest BCUT2D eigenvalue weighted by atomic mass is 15.4. The second-order valence-corrected chi connectivity index (χ2v) is 14.7. The molecule has 0 aliphatic carbocycles. The lowest BCUT2D eigenvalue weighted by molar-refractivity contribution is 0.160. The van der Waals surface area contributed by atoms with Crippen LogP contribution in [0.2, 0.25) is 0 Å². The number of rotatable bonds is 5. The Morgan fingerprint density at radius 1 is 0.418 bits per heavy atom. The van der Waals surface area contributed by atoms with Gasteiger partial charge in [-0.1, -0.05) is 140 Å². The molecule has 0 bridgehead atoms. The van der Waals surface area contributed by atoms with E-state index >= 15 is 0 Å². The van der Waals surface area contributed by atoms with E-state index in [0.29, 0.717) is 0 Å². The Morgan fingerprint density at radius 2 is 0.964 bits per heavy atom. The minimum atomic E-state index is -0.101. The summed E-state index contributed by atoms with van der Waals surface area (Å²) < 4.78 is 4.90. The van der Waals surface area contributed by atoms with Crippen LogP contribution in [0.15, 0.2) is 194 Å². The maximum atomic E-state index is 3.93. The third-order valence-electron chi connectivity index (χ3n) is 11.6. The van der Waals surface area contributed by atoms with Gasteiger partial charge in [0.15, 0.2) is 6.29 Å². The van der Waals surface area contributed by atoms with Gasteiger partial charge in [-0.25, -0.2) is 0 Å². The summed E-state index contributed by atoms with van der Waals surface area (Å²) in [5, 5.41) is 8.93. The number of benzene rings is 8. The van der Waals surface area contributed by atoms with Crippen LogP contribution in [0.3, 0.4) is 0 Å². The fourth-order valence-corrected chi connectivity index (χ4v) is 9.10. The van der Waals surface area contributed by atoms with Gasteiger partial charge in [-0.05, 0) is 95.0 Å². The van der Waals surface area contributed by atoms with Crippen molar-refractivity contribution in [2.75, 3.05) is 12.4 Å². The van der Waals surface area contributed by atoms with Crippen LogP contribution in [-0.4, -0.2) is 21.1 Å². The fraction of sp³-hybridized carbons (Fsp3) is 0.0588. The van der Waals surface area contributed by atoms with Crippen molar-refractivity contribution in [1.29, 1.82) is 0 Å². The van der Waals surface area contributed by atoms with Crippen LogP contribution in [0.5, 0.6) is 0 Å². The number of nitrogens with one attached hydrogen (secondary N) is 1. The average Bonchev–Trinajstić information content (AvgIpc) is 3.76. The van der Waals surface area contributed by atoms with Gasteiger partial charge < -0.3 is 14.5 Å². The largest absolute Gasteiger partial charge is 0.352 e. The van der Waals surface area contributed by atoms with Crippen LogP contribution in [0, 0.1) is 0 Å². The molecule has 262 valence electrons. The molecule has 4 nitrogen and oxygen atoms in total. The maximum absolute atomic E-state index is 3.93. The lowest BCUT2D eigenvalue weighted by atomic mass is 9.94. The van der Waals surface area contributed by atoms with E-state index in [0.717, 1.165) is 5.69 Å². The van der Waals surface area contributed by atoms with Gasteiger partial charge in [0.2, 0.25) is 0 Å². The third-order valence-corrected chi connectivity index (χ3v) is 11.6. The molecule has 4 heteroatoms. The molecule has 8 aromatic carbocycles. The van der Waals surface area contributed by atoms with Crippen LogP contribution >= 0.6 is 0 Å². The van der Waals surface area contributed by atoms with E-state index in [9.17, 15) is 0 Å². The fourth-order valence-electron chi connectivity index (χ4n) is 9.10. The molecule has 11 rings (SSSR count). The monoisotopic (exact) mass is 706 g/mol. The number of hydrogen-bond acceptors (Lipinski definition) is 2. The number of hydrogen-bond donors (Lipinski definition) is 1. The SMILES string of the molecule is CN1C(c2ccccc2)c2ccccc2NC1n1c2ccccc2c2cc(-c3ccc4c(c3)c3ccccc3n4-c3cccc(-c4ccccc4)c3)ccc21. The summed E-state index contributed by atoms with van der Waals surface area (Å²) in [7, 11) is 2.24. The number of para-hydroxylation sites is 3. The number of aromatic nitrogens is 2. The third kappa shape index (κ3) is 5.03. The van der Waals surface area contributed by atoms with Gasteiger partial charge in [-0.15, -0.1) is 0 Å². The summed E-state index contributed by atoms with van der Waals surface area (Å²) in [6.07, 6.45) is -0.101. The second kappa shape index (κ2) is 12.6. The summed E-state index contributed by atoms with van der Waals surface area (Å²) in [5.41, 5.74) is 14.6. The summed E-state index contributed by atoms with van der Waals surface area (Å²) in [6, 6.07) is 70.8. The van der Waals surface area contributed by atoms with Crippen LogP contribution in [0.25, 0.3) is 71.6 Å². The van der Waals surface area contributed by atoms with Gasteiger partial charge >= 0.3 is 0 Å². The van der Waals surface area contributed by atoms with Gasteiger partial charge in [-0.2, -0.15) is 0 Å². The van der Waals surface area contributed by atoms with Crippen LogP contribution in [0.1, 0.15) is 23.5 Å². The van der Waals surface area contributed by atoms with Crippen molar-refractivity contribution >= 4 is 49.3 Å². The first-order valence-electron chi connectivity index (χ1n) is 19.1. The highest BCUT2D eigenvalue weighted by Gasteiger charge is 2.34. The first-order chi connectivity index (χ1) is 27.2. The number of anilines is 1. The quantitative estimate of drug-likeness (QED) is 0.193. The molecule has 0 spiro atoms. The Hall–Kier alpha value is -6.88. The molecule has 0 radical (unpaired) electrons. The van der Waals surface area contributed by atoms with Crippen molar-refractivity contribution in [3.05, 3.63) is 205 Å². The predicted molar refractivity (Wildman–Crippen MR) is 230 cm³/mol. The Labute approximate surface area is 320 Å². The van der Waals surface area contributed by atoms with E-state index < -0.39 is 0 Å². The van der Waals surface area contributed by atoms with E-state index in [1.54, 1.807) is 0 Å². The zero-order chi connectivity index (χ0) is 36.5. The number of nitrogens with zero attached hydrogens (tertiary/aromatic N) is 3. The van der Waals surface area contributed by atoms with E-state index in [1.807, 2.05) is 0 Å². The first kappa shape index (κ1) is 31.6. The van der Waals surface area contributed by atoms with E-state index in [1.165, 1.54) is 82.7 Å². The van der Waals surface area contributed by atoms with Gasteiger partial charge in [0.05, 0.1) is 28.1 Å². The lowest BCUT2D eigenvalue weighted by Crippen LogP contribution is -2.42. The highest BCUT2D eigenvalue weighted by Crippen LogP contribution is 2.45. The summed E-state index contributed by atoms with van der Waals surface area (Å²) in [6.45, 7) is 0. The van der Waals surface area contributed by atoms with Crippen molar-refractivity contribution in [2.45, 2.75) is 12.3 Å². The summed E-state index contributed by atoms with van der Waals surface area (Å²) in [5.74, 6) is 0. The van der Waals surface area contributed by atoms with Crippen molar-refractivity contribution in [3.8, 4) is 27.9 Å². The van der Waals surface area contributed by atoms with E-state index in [-0.39, 0.29) is 12.3 Å². The molecule has 10 aromatic rings. The molecule has 0 fully saturated rings. The molecule has 2 unspecified atom stereocenters. The Balaban J connectivity index is 1.05. The Bertz CT molecular complexity index is 3050. The van der Waals surface area contributed by atoms with Crippen LogP contribution < -0.4 is 5.32 Å². The van der Waals surface area contributed by atoms with Crippen molar-refractivity contribution in [2.24, 2.45) is 0 Å². The Kier molecular flexibility index (Phi) is 7.26. The van der Waals surface area contributed by atoms with Gasteiger partial charge in [0.1, 0.15) is 0 Å². The Morgan fingerprint density at radius 3 is 1.75 bits per heavy atom. The second-order valence-electron chi connectivity index (χ2n) is 14.7. The molecule has 0 saturated heterocycles. The highest BCUT2D eigenvalue weighted by molar-refractivity contribution is 6.12. The van der Waals surface area contributed by atoms with Crippen LogP contribution in [0.4, 0.5) is 5.69 Å². The maximum Gasteiger partial charge on any atom is 0.162 e. The van der Waals surface area contributed by atoms with Crippen LogP contribution in [-0.2, 0) is 0 Å². The molecule has 3 heterocycles. The van der Waals surface area contributed by atoms with Gasteiger partial charge in [0, 0.05) is 32.9 Å². The average molecular weight is 707 g/mol. The van der Waals surface area contributed by atoms with Crippen molar-refractivity contribution < 1.29 is 0 Å². The van der Waals surface area contributed by atoms with E-state index in [4.69, 9.17) is 0 Å². The van der Waals surface area contributed by atoms with E-state index in [2.05, 4.69) is 221 Å². The molecular weight excluding hydrogens is 669 g/mol. The topological polar surface area (TPSA) is 25.1 Å². The smallest absolute Gasteiger partial charge is 0.162 e. The molecule has 55 heavy (non-hydrogen) atoms. The molecule has 1 aliphatic rings. The van der Waals surface area contributed by atoms with Crippen molar-refractivity contribution in [3.63, 3.8) is 0 Å². The molecule has 1 N–H and O–H groups in total. The zero-order valence-corrected chi connectivity index (χ0v) is 30.5. The van der Waals surface area contributed by atoms with Gasteiger partial charge in [-0.3, -0.25) is 4.90 Å².